The molecule has 8 heteroatoms. The zero-order valence-electron chi connectivity index (χ0n) is 16.8. The summed E-state index contributed by atoms with van der Waals surface area (Å²) >= 11 is 3.40. The van der Waals surface area contributed by atoms with Crippen molar-refractivity contribution in [1.82, 2.24) is 5.16 Å². The van der Waals surface area contributed by atoms with Crippen molar-refractivity contribution in [3.63, 3.8) is 0 Å². The second-order valence-electron chi connectivity index (χ2n) is 6.74. The average molecular weight is 499 g/mol. The molecule has 0 amide bonds. The summed E-state index contributed by atoms with van der Waals surface area (Å²) < 4.78 is 39.5. The van der Waals surface area contributed by atoms with Gasteiger partial charge in [-0.05, 0) is 70.4 Å². The summed E-state index contributed by atoms with van der Waals surface area (Å²) in [4.78, 5) is 0.129. The lowest BCUT2D eigenvalue weighted by Crippen LogP contribution is -2.26. The molecule has 0 fully saturated rings. The van der Waals surface area contributed by atoms with Crippen LogP contribution in [0.5, 0.6) is 5.75 Å². The Balaban J connectivity index is 1.80. The average Bonchev–Trinajstić information content (AvgIpc) is 3.13. The Morgan fingerprint density at radius 1 is 0.903 bits per heavy atom. The van der Waals surface area contributed by atoms with Crippen LogP contribution in [0.1, 0.15) is 5.69 Å². The van der Waals surface area contributed by atoms with E-state index in [1.807, 2.05) is 30.3 Å². The quantitative estimate of drug-likeness (QED) is 0.328. The van der Waals surface area contributed by atoms with Crippen molar-refractivity contribution in [3.05, 3.63) is 89.0 Å². The Kier molecular flexibility index (Phi) is 5.84. The van der Waals surface area contributed by atoms with E-state index in [4.69, 9.17) is 9.26 Å². The van der Waals surface area contributed by atoms with Gasteiger partial charge in [0.1, 0.15) is 10.2 Å². The lowest BCUT2D eigenvalue weighted by atomic mass is 10.1. The van der Waals surface area contributed by atoms with Crippen molar-refractivity contribution in [2.24, 2.45) is 0 Å². The maximum Gasteiger partial charge on any atom is 0.271 e. The van der Waals surface area contributed by atoms with Crippen LogP contribution in [0.15, 0.2) is 92.8 Å². The lowest BCUT2D eigenvalue weighted by Gasteiger charge is -2.22. The summed E-state index contributed by atoms with van der Waals surface area (Å²) in [6.45, 7) is 1.73. The van der Waals surface area contributed by atoms with Crippen molar-refractivity contribution in [2.45, 2.75) is 11.8 Å². The normalized spacial score (nSPS) is 11.3. The molecule has 0 N–H and O–H groups in total. The number of rotatable bonds is 6. The van der Waals surface area contributed by atoms with Gasteiger partial charge in [-0.15, -0.1) is 0 Å². The van der Waals surface area contributed by atoms with E-state index in [1.54, 1.807) is 62.6 Å². The van der Waals surface area contributed by atoms with Gasteiger partial charge in [-0.2, -0.15) is 4.31 Å². The van der Waals surface area contributed by atoms with Crippen LogP contribution in [0.2, 0.25) is 0 Å². The minimum Gasteiger partial charge on any atom is -0.497 e. The second kappa shape index (κ2) is 8.56. The highest BCUT2D eigenvalue weighted by molar-refractivity contribution is 9.10. The van der Waals surface area contributed by atoms with Crippen LogP contribution in [0.3, 0.4) is 0 Å². The van der Waals surface area contributed by atoms with Gasteiger partial charge in [0, 0.05) is 0 Å². The van der Waals surface area contributed by atoms with Gasteiger partial charge >= 0.3 is 0 Å². The monoisotopic (exact) mass is 498 g/mol. The van der Waals surface area contributed by atoms with Crippen molar-refractivity contribution in [3.8, 4) is 16.9 Å². The molecule has 0 spiro atoms. The fraction of sp³-hybridized carbons (Fsp3) is 0.0870. The molecule has 0 saturated heterocycles. The van der Waals surface area contributed by atoms with Gasteiger partial charge in [-0.1, -0.05) is 47.6 Å². The summed E-state index contributed by atoms with van der Waals surface area (Å²) in [5, 5.41) is 3.90. The summed E-state index contributed by atoms with van der Waals surface area (Å²) in [5.74, 6) is 0.691. The number of sulfonamides is 1. The second-order valence-corrected chi connectivity index (χ2v) is 9.32. The van der Waals surface area contributed by atoms with Crippen LogP contribution >= 0.6 is 15.9 Å². The third-order valence-corrected chi connectivity index (χ3v) is 7.40. The summed E-state index contributed by atoms with van der Waals surface area (Å²) in [6, 6.07) is 23.2. The minimum absolute atomic E-state index is 0.0785. The Bertz CT molecular complexity index is 1290. The molecule has 0 aliphatic rings. The maximum absolute atomic E-state index is 13.7. The first kappa shape index (κ1) is 21.1. The molecule has 0 saturated carbocycles. The number of aryl methyl sites for hydroxylation is 1. The zero-order chi connectivity index (χ0) is 22.0. The molecular weight excluding hydrogens is 480 g/mol. The highest BCUT2D eigenvalue weighted by Crippen LogP contribution is 2.39. The third kappa shape index (κ3) is 4.08. The topological polar surface area (TPSA) is 72.6 Å². The zero-order valence-corrected chi connectivity index (χ0v) is 19.2. The molecule has 3 aromatic carbocycles. The number of nitrogens with zero attached hydrogens (tertiary/aromatic N) is 2. The number of anilines is 2. The van der Waals surface area contributed by atoms with Crippen LogP contribution in [-0.2, 0) is 10.0 Å². The Morgan fingerprint density at radius 2 is 1.52 bits per heavy atom. The van der Waals surface area contributed by atoms with Crippen LogP contribution in [-0.4, -0.2) is 20.7 Å². The predicted octanol–water partition coefficient (Wildman–Crippen LogP) is 5.95. The van der Waals surface area contributed by atoms with E-state index in [0.717, 1.165) is 15.4 Å². The summed E-state index contributed by atoms with van der Waals surface area (Å²) in [6.07, 6.45) is 0. The van der Waals surface area contributed by atoms with Gasteiger partial charge in [0.05, 0.1) is 23.4 Å². The fourth-order valence-electron chi connectivity index (χ4n) is 3.11. The summed E-state index contributed by atoms with van der Waals surface area (Å²) in [5.41, 5.74) is 2.87. The highest BCUT2D eigenvalue weighted by atomic mass is 79.9. The number of halogens is 1. The molecule has 0 aliphatic carbocycles. The van der Waals surface area contributed by atoms with Crippen molar-refractivity contribution < 1.29 is 17.7 Å². The fourth-order valence-corrected chi connectivity index (χ4v) is 4.98. The van der Waals surface area contributed by atoms with E-state index >= 15 is 0 Å². The Hall–Kier alpha value is -3.10. The van der Waals surface area contributed by atoms with Gasteiger partial charge in [-0.3, -0.25) is 0 Å². The maximum atomic E-state index is 13.7. The molecule has 0 bridgehead atoms. The number of aromatic nitrogens is 1. The Morgan fingerprint density at radius 3 is 2.06 bits per heavy atom. The first-order valence-electron chi connectivity index (χ1n) is 9.38. The van der Waals surface area contributed by atoms with E-state index < -0.39 is 10.0 Å². The van der Waals surface area contributed by atoms with Crippen LogP contribution in [0, 0.1) is 6.92 Å². The standard InChI is InChI=1S/C23H19BrN2O4S/c1-16-22(24)23(30-25-16)26(19-10-12-20(29-2)13-11-19)31(27,28)21-14-8-18(9-15-21)17-6-4-3-5-7-17/h3-15H,1-2H3. The highest BCUT2D eigenvalue weighted by Gasteiger charge is 2.32. The number of benzene rings is 3. The smallest absolute Gasteiger partial charge is 0.271 e. The molecule has 1 aromatic heterocycles. The lowest BCUT2D eigenvalue weighted by molar-refractivity contribution is 0.414. The van der Waals surface area contributed by atoms with Crippen LogP contribution < -0.4 is 9.04 Å². The van der Waals surface area contributed by atoms with E-state index in [-0.39, 0.29) is 10.8 Å². The van der Waals surface area contributed by atoms with Gasteiger partial charge in [-0.25, -0.2) is 8.42 Å². The molecule has 1 heterocycles. The van der Waals surface area contributed by atoms with Crippen molar-refractivity contribution in [1.29, 1.82) is 0 Å². The van der Waals surface area contributed by atoms with Gasteiger partial charge in [0.2, 0.25) is 0 Å². The van der Waals surface area contributed by atoms with E-state index in [9.17, 15) is 8.42 Å². The van der Waals surface area contributed by atoms with Gasteiger partial charge in [0.15, 0.2) is 0 Å². The molecular formula is C23H19BrN2O4S. The molecule has 0 unspecified atom stereocenters. The van der Waals surface area contributed by atoms with Crippen LogP contribution in [0.25, 0.3) is 11.1 Å². The first-order chi connectivity index (χ1) is 14.9. The number of methoxy groups -OCH3 is 1. The molecule has 0 radical (unpaired) electrons. The molecule has 0 aliphatic heterocycles. The molecule has 31 heavy (non-hydrogen) atoms. The molecule has 4 rings (SSSR count). The minimum atomic E-state index is -4.01. The van der Waals surface area contributed by atoms with E-state index in [0.29, 0.717) is 21.6 Å². The molecule has 158 valence electrons. The van der Waals surface area contributed by atoms with Gasteiger partial charge < -0.3 is 9.26 Å². The number of hydrogen-bond acceptors (Lipinski definition) is 5. The molecule has 6 nitrogen and oxygen atoms in total. The number of ether oxygens (including phenoxy) is 1. The van der Waals surface area contributed by atoms with E-state index in [1.165, 1.54) is 0 Å². The third-order valence-electron chi connectivity index (χ3n) is 4.77. The molecule has 4 aromatic rings. The summed E-state index contributed by atoms with van der Waals surface area (Å²) in [7, 11) is -2.46. The number of hydrogen-bond donors (Lipinski definition) is 0. The van der Waals surface area contributed by atoms with Crippen LogP contribution in [0.4, 0.5) is 11.6 Å². The van der Waals surface area contributed by atoms with Crippen molar-refractivity contribution in [2.75, 3.05) is 11.4 Å². The van der Waals surface area contributed by atoms with E-state index in [2.05, 4.69) is 21.1 Å². The van der Waals surface area contributed by atoms with Crippen molar-refractivity contribution >= 4 is 37.5 Å². The van der Waals surface area contributed by atoms with Gasteiger partial charge in [0.25, 0.3) is 15.9 Å². The Labute approximate surface area is 189 Å². The SMILES string of the molecule is COc1ccc(N(c2onc(C)c2Br)S(=O)(=O)c2ccc(-c3ccccc3)cc2)cc1. The predicted molar refractivity (Wildman–Crippen MR) is 123 cm³/mol. The first-order valence-corrected chi connectivity index (χ1v) is 11.6. The largest absolute Gasteiger partial charge is 0.497 e. The molecule has 0 atom stereocenters.